The molecule has 0 saturated carbocycles. The van der Waals surface area contributed by atoms with Crippen molar-refractivity contribution < 1.29 is 0 Å². The van der Waals surface area contributed by atoms with Crippen LogP contribution < -0.4 is 5.69 Å². The lowest BCUT2D eigenvalue weighted by Gasteiger charge is -1.95. The van der Waals surface area contributed by atoms with E-state index in [0.29, 0.717) is 10.7 Å². The summed E-state index contributed by atoms with van der Waals surface area (Å²) >= 11 is 5.77. The number of aryl methyl sites for hydroxylation is 1. The minimum Gasteiger partial charge on any atom is -0.265 e. The Morgan fingerprint density at radius 2 is 2.42 bits per heavy atom. The molecule has 0 unspecified atom stereocenters. The Labute approximate surface area is 72.8 Å². The molecule has 2 aromatic rings. The molecule has 0 atom stereocenters. The normalized spacial score (nSPS) is 10.8. The zero-order valence-electron chi connectivity index (χ0n) is 6.34. The molecule has 2 aromatic heterocycles. The average molecular weight is 184 g/mol. The Morgan fingerprint density at radius 1 is 1.67 bits per heavy atom. The number of aromatic amines is 1. The number of aromatic nitrogens is 3. The van der Waals surface area contributed by atoms with Gasteiger partial charge in [0.25, 0.3) is 0 Å². The molecule has 0 bridgehead atoms. The lowest BCUT2D eigenvalue weighted by molar-refractivity contribution is 0.889. The van der Waals surface area contributed by atoms with Crippen LogP contribution in [0.5, 0.6) is 0 Å². The summed E-state index contributed by atoms with van der Waals surface area (Å²) in [6, 6.07) is 1.82. The van der Waals surface area contributed by atoms with Gasteiger partial charge in [-0.05, 0) is 18.6 Å². The molecule has 2 rings (SSSR count). The van der Waals surface area contributed by atoms with Crippen LogP contribution in [0.15, 0.2) is 17.1 Å². The second-order valence-electron chi connectivity index (χ2n) is 2.54. The highest BCUT2D eigenvalue weighted by Gasteiger charge is 2.05. The zero-order valence-corrected chi connectivity index (χ0v) is 7.09. The fourth-order valence-electron chi connectivity index (χ4n) is 1.16. The summed E-state index contributed by atoms with van der Waals surface area (Å²) in [7, 11) is 0. The second-order valence-corrected chi connectivity index (χ2v) is 2.89. The van der Waals surface area contributed by atoms with Gasteiger partial charge in [-0.2, -0.15) is 5.10 Å². The smallest absolute Gasteiger partial charge is 0.265 e. The number of halogens is 1. The van der Waals surface area contributed by atoms with Crippen LogP contribution in [0.4, 0.5) is 0 Å². The van der Waals surface area contributed by atoms with E-state index in [0.717, 1.165) is 5.56 Å². The molecule has 2 heterocycles. The molecule has 0 aliphatic rings. The first-order valence-corrected chi connectivity index (χ1v) is 3.80. The van der Waals surface area contributed by atoms with Crippen LogP contribution in [0.25, 0.3) is 5.52 Å². The van der Waals surface area contributed by atoms with E-state index in [2.05, 4.69) is 10.2 Å². The van der Waals surface area contributed by atoms with Crippen molar-refractivity contribution in [3.05, 3.63) is 33.5 Å². The van der Waals surface area contributed by atoms with Crippen molar-refractivity contribution in [3.63, 3.8) is 0 Å². The monoisotopic (exact) mass is 183 g/mol. The standard InChI is InChI=1S/C7H6ClN3O/c1-4-2-3-11-5(4)6(8)9-10-7(11)12/h2-3H,1H3,(H,10,12). The minimum atomic E-state index is -0.275. The van der Waals surface area contributed by atoms with Crippen molar-refractivity contribution >= 4 is 17.1 Å². The second kappa shape index (κ2) is 2.35. The Bertz CT molecular complexity index is 485. The topological polar surface area (TPSA) is 50.2 Å². The van der Waals surface area contributed by atoms with Crippen LogP contribution in [0.1, 0.15) is 5.56 Å². The van der Waals surface area contributed by atoms with Crippen molar-refractivity contribution in [2.45, 2.75) is 6.92 Å². The Hall–Kier alpha value is -1.29. The molecule has 0 radical (unpaired) electrons. The van der Waals surface area contributed by atoms with Crippen molar-refractivity contribution in [3.8, 4) is 0 Å². The maximum Gasteiger partial charge on any atom is 0.346 e. The average Bonchev–Trinajstić information content (AvgIpc) is 2.42. The molecule has 0 spiro atoms. The number of hydrogen-bond donors (Lipinski definition) is 1. The minimum absolute atomic E-state index is 0.275. The van der Waals surface area contributed by atoms with E-state index >= 15 is 0 Å². The number of nitrogens with zero attached hydrogens (tertiary/aromatic N) is 2. The number of fused-ring (bicyclic) bond motifs is 1. The predicted molar refractivity (Wildman–Crippen MR) is 45.6 cm³/mol. The van der Waals surface area contributed by atoms with Crippen molar-refractivity contribution in [2.24, 2.45) is 0 Å². The number of hydrogen-bond acceptors (Lipinski definition) is 2. The first-order chi connectivity index (χ1) is 5.70. The van der Waals surface area contributed by atoms with E-state index in [-0.39, 0.29) is 5.69 Å². The van der Waals surface area contributed by atoms with Gasteiger partial charge in [-0.25, -0.2) is 9.89 Å². The van der Waals surface area contributed by atoms with Crippen molar-refractivity contribution in [1.29, 1.82) is 0 Å². The third kappa shape index (κ3) is 0.848. The van der Waals surface area contributed by atoms with Crippen LogP contribution in [-0.4, -0.2) is 14.6 Å². The van der Waals surface area contributed by atoms with Crippen LogP contribution >= 0.6 is 11.6 Å². The Kier molecular flexibility index (Phi) is 1.44. The van der Waals surface area contributed by atoms with Crippen LogP contribution in [0, 0.1) is 6.92 Å². The fraction of sp³-hybridized carbons (Fsp3) is 0.143. The SMILES string of the molecule is Cc1ccn2c(=O)[nH]nc(Cl)c12. The molecule has 62 valence electrons. The highest BCUT2D eigenvalue weighted by atomic mass is 35.5. The van der Waals surface area contributed by atoms with Gasteiger partial charge in [0.2, 0.25) is 0 Å². The van der Waals surface area contributed by atoms with Crippen LogP contribution in [0.2, 0.25) is 5.15 Å². The van der Waals surface area contributed by atoms with Gasteiger partial charge < -0.3 is 0 Å². The molecule has 0 fully saturated rings. The third-order valence-corrected chi connectivity index (χ3v) is 2.02. The molecular formula is C7H6ClN3O. The first kappa shape index (κ1) is 7.36. The van der Waals surface area contributed by atoms with E-state index < -0.39 is 0 Å². The molecule has 5 heteroatoms. The first-order valence-electron chi connectivity index (χ1n) is 3.42. The van der Waals surface area contributed by atoms with Gasteiger partial charge in [0, 0.05) is 6.20 Å². The zero-order chi connectivity index (χ0) is 8.72. The van der Waals surface area contributed by atoms with Crippen molar-refractivity contribution in [2.75, 3.05) is 0 Å². The maximum absolute atomic E-state index is 11.1. The lowest BCUT2D eigenvalue weighted by atomic mass is 10.3. The van der Waals surface area contributed by atoms with Gasteiger partial charge in [0.1, 0.15) is 0 Å². The van der Waals surface area contributed by atoms with E-state index in [1.807, 2.05) is 13.0 Å². The summed E-state index contributed by atoms with van der Waals surface area (Å²) in [6.45, 7) is 1.88. The van der Waals surface area contributed by atoms with Crippen LogP contribution in [-0.2, 0) is 0 Å². The van der Waals surface area contributed by atoms with Gasteiger partial charge in [-0.1, -0.05) is 11.6 Å². The van der Waals surface area contributed by atoms with Gasteiger partial charge >= 0.3 is 5.69 Å². The summed E-state index contributed by atoms with van der Waals surface area (Å²) in [4.78, 5) is 11.1. The summed E-state index contributed by atoms with van der Waals surface area (Å²) in [5, 5.41) is 6.25. The molecule has 0 amide bonds. The van der Waals surface area contributed by atoms with E-state index in [9.17, 15) is 4.79 Å². The van der Waals surface area contributed by atoms with E-state index in [1.165, 1.54) is 4.40 Å². The fourth-order valence-corrected chi connectivity index (χ4v) is 1.45. The maximum atomic E-state index is 11.1. The van der Waals surface area contributed by atoms with Gasteiger partial charge in [0.15, 0.2) is 5.15 Å². The highest BCUT2D eigenvalue weighted by Crippen LogP contribution is 2.15. The Balaban J connectivity index is 3.09. The number of H-pyrrole nitrogens is 1. The number of nitrogens with one attached hydrogen (secondary N) is 1. The van der Waals surface area contributed by atoms with Gasteiger partial charge in [-0.3, -0.25) is 4.40 Å². The third-order valence-electron chi connectivity index (χ3n) is 1.75. The predicted octanol–water partition coefficient (Wildman–Crippen LogP) is 0.984. The molecule has 1 N–H and O–H groups in total. The largest absolute Gasteiger partial charge is 0.346 e. The van der Waals surface area contributed by atoms with Gasteiger partial charge in [0.05, 0.1) is 5.52 Å². The lowest BCUT2D eigenvalue weighted by Crippen LogP contribution is -2.16. The quantitative estimate of drug-likeness (QED) is 0.662. The molecule has 0 aliphatic carbocycles. The van der Waals surface area contributed by atoms with Gasteiger partial charge in [-0.15, -0.1) is 0 Å². The van der Waals surface area contributed by atoms with Crippen LogP contribution in [0.3, 0.4) is 0 Å². The molecule has 0 saturated heterocycles. The molecule has 0 aliphatic heterocycles. The molecule has 4 nitrogen and oxygen atoms in total. The summed E-state index contributed by atoms with van der Waals surface area (Å²) in [5.74, 6) is 0. The highest BCUT2D eigenvalue weighted by molar-refractivity contribution is 6.32. The number of rotatable bonds is 0. The molecular weight excluding hydrogens is 178 g/mol. The van der Waals surface area contributed by atoms with E-state index in [4.69, 9.17) is 11.6 Å². The molecule has 0 aromatic carbocycles. The van der Waals surface area contributed by atoms with Crippen molar-refractivity contribution in [1.82, 2.24) is 14.6 Å². The summed E-state index contributed by atoms with van der Waals surface area (Å²) < 4.78 is 1.44. The molecule has 12 heavy (non-hydrogen) atoms. The summed E-state index contributed by atoms with van der Waals surface area (Å²) in [6.07, 6.45) is 1.66. The Morgan fingerprint density at radius 3 is 3.08 bits per heavy atom. The summed E-state index contributed by atoms with van der Waals surface area (Å²) in [5.41, 5.74) is 1.33. The van der Waals surface area contributed by atoms with E-state index in [1.54, 1.807) is 6.20 Å².